The number of aromatic amines is 1. The van der Waals surface area contributed by atoms with Gasteiger partial charge in [0.05, 0.1) is 11.5 Å². The van der Waals surface area contributed by atoms with Gasteiger partial charge in [-0.05, 0) is 22.9 Å². The number of nitrogens with one attached hydrogen (secondary N) is 1. The fourth-order valence-corrected chi connectivity index (χ4v) is 7.57. The van der Waals surface area contributed by atoms with Crippen molar-refractivity contribution in [2.24, 2.45) is 0 Å². The molecule has 0 bridgehead atoms. The lowest BCUT2D eigenvalue weighted by atomic mass is 10.1. The number of H-pyrrole nitrogens is 1. The number of fused-ring (bicyclic) bond motifs is 1. The van der Waals surface area contributed by atoms with Crippen LogP contribution in [-0.4, -0.2) is 64.3 Å². The predicted octanol–water partition coefficient (Wildman–Crippen LogP) is 0.804. The average Bonchev–Trinajstić information content (AvgIpc) is 3.10. The molecular formula is C19H21N2O15P3S. The molecule has 218 valence electrons. The Balaban J connectivity index is 1.49. The highest BCUT2D eigenvalue weighted by molar-refractivity contribution is 7.99. The summed E-state index contributed by atoms with van der Waals surface area (Å²) in [6.07, 6.45) is -5.82. The molecule has 1 fully saturated rings. The summed E-state index contributed by atoms with van der Waals surface area (Å²) in [7, 11) is -16.9. The second-order valence-electron chi connectivity index (χ2n) is 8.20. The molecule has 2 unspecified atom stereocenters. The lowest BCUT2D eigenvalue weighted by molar-refractivity contribution is -0.0545. The minimum atomic E-state index is -5.78. The second-order valence-corrected chi connectivity index (χ2v) is 13.7. The Bertz CT molecular complexity index is 1670. The average molecular weight is 642 g/mol. The van der Waals surface area contributed by atoms with E-state index in [1.165, 1.54) is 0 Å². The van der Waals surface area contributed by atoms with Gasteiger partial charge in [-0.2, -0.15) is 8.62 Å². The van der Waals surface area contributed by atoms with Crippen molar-refractivity contribution in [2.75, 3.05) is 6.61 Å². The van der Waals surface area contributed by atoms with Gasteiger partial charge in [0, 0.05) is 11.1 Å². The van der Waals surface area contributed by atoms with Crippen LogP contribution in [0.1, 0.15) is 6.23 Å². The van der Waals surface area contributed by atoms with Gasteiger partial charge in [0.15, 0.2) is 6.23 Å². The summed E-state index contributed by atoms with van der Waals surface area (Å²) in [6, 6.07) is 12.9. The molecule has 4 rings (SSSR count). The van der Waals surface area contributed by atoms with Gasteiger partial charge in [-0.3, -0.25) is 18.9 Å². The topological polar surface area (TPSA) is 264 Å². The van der Waals surface area contributed by atoms with E-state index in [9.17, 15) is 43.3 Å². The molecule has 6 atom stereocenters. The Labute approximate surface area is 227 Å². The van der Waals surface area contributed by atoms with Crippen LogP contribution >= 0.6 is 35.2 Å². The zero-order valence-electron chi connectivity index (χ0n) is 19.7. The summed E-state index contributed by atoms with van der Waals surface area (Å²) in [5.74, 6) is 0. The van der Waals surface area contributed by atoms with Crippen molar-refractivity contribution in [3.05, 3.63) is 69.5 Å². The van der Waals surface area contributed by atoms with Gasteiger partial charge in [-0.15, -0.1) is 0 Å². The standard InChI is InChI=1S/C19H21N2O15P3S/c22-15-13(9-33-38(29,30)36-39(31,32)35-37(26,27)28)34-18(16(15)23)21-8-14(17(24)20-19(21)25)40-12-6-5-10-3-1-2-4-11(10)7-12/h1-8,13,15-16,18,22-23H,9H2,(H,29,30)(H,31,32)(H,20,24,25)(H2,26,27,28)/t13-,15-,16-,18-/m1/s1. The summed E-state index contributed by atoms with van der Waals surface area (Å²) in [6.45, 7) is -1.07. The molecule has 1 aromatic heterocycles. The maximum atomic E-state index is 12.5. The number of nitrogens with zero attached hydrogens (tertiary/aromatic N) is 1. The SMILES string of the molecule is O=c1[nH]c(=O)n([C@@H]2O[C@H](COP(=O)(O)OP(=O)(O)OP(=O)(O)O)[C@@H](O)[C@H]2O)cc1Sc1ccc2ccccc2c1. The van der Waals surface area contributed by atoms with Crippen molar-refractivity contribution in [1.82, 2.24) is 9.55 Å². The molecule has 2 aromatic carbocycles. The molecule has 0 saturated carbocycles. The second kappa shape index (κ2) is 11.7. The highest BCUT2D eigenvalue weighted by Crippen LogP contribution is 2.66. The van der Waals surface area contributed by atoms with Gasteiger partial charge in [0.1, 0.15) is 18.3 Å². The molecule has 0 amide bonds. The fourth-order valence-electron chi connectivity index (χ4n) is 3.65. The zero-order valence-corrected chi connectivity index (χ0v) is 23.2. The number of aliphatic hydroxyl groups excluding tert-OH is 2. The number of benzene rings is 2. The third-order valence-electron chi connectivity index (χ3n) is 5.31. The van der Waals surface area contributed by atoms with E-state index in [0.29, 0.717) is 4.90 Å². The van der Waals surface area contributed by atoms with Crippen molar-refractivity contribution < 1.29 is 61.4 Å². The van der Waals surface area contributed by atoms with Crippen molar-refractivity contribution in [3.8, 4) is 0 Å². The van der Waals surface area contributed by atoms with Crippen LogP contribution in [0.25, 0.3) is 10.8 Å². The van der Waals surface area contributed by atoms with Gasteiger partial charge in [-0.1, -0.05) is 42.1 Å². The molecule has 7 N–H and O–H groups in total. The lowest BCUT2D eigenvalue weighted by Gasteiger charge is -2.19. The quantitative estimate of drug-likeness (QED) is 0.151. The first-order chi connectivity index (χ1) is 18.5. The van der Waals surface area contributed by atoms with Crippen LogP contribution in [0, 0.1) is 0 Å². The normalized spacial score (nSPS) is 24.6. The summed E-state index contributed by atoms with van der Waals surface area (Å²) in [5.41, 5.74) is -1.76. The van der Waals surface area contributed by atoms with E-state index in [-0.39, 0.29) is 4.90 Å². The molecule has 21 heteroatoms. The van der Waals surface area contributed by atoms with Gasteiger partial charge in [0.2, 0.25) is 0 Å². The van der Waals surface area contributed by atoms with Crippen LogP contribution < -0.4 is 11.2 Å². The predicted molar refractivity (Wildman–Crippen MR) is 135 cm³/mol. The minimum absolute atomic E-state index is 0.0249. The summed E-state index contributed by atoms with van der Waals surface area (Å²) >= 11 is 1.00. The van der Waals surface area contributed by atoms with Crippen LogP contribution in [-0.2, 0) is 31.6 Å². The van der Waals surface area contributed by atoms with Crippen molar-refractivity contribution in [2.45, 2.75) is 34.3 Å². The molecular weight excluding hydrogens is 621 g/mol. The molecule has 0 aliphatic carbocycles. The molecule has 0 radical (unpaired) electrons. The van der Waals surface area contributed by atoms with Crippen LogP contribution in [0.4, 0.5) is 0 Å². The number of ether oxygens (including phenoxy) is 1. The Morgan fingerprint density at radius 2 is 1.60 bits per heavy atom. The van der Waals surface area contributed by atoms with Gasteiger partial charge in [0.25, 0.3) is 5.56 Å². The van der Waals surface area contributed by atoms with E-state index in [2.05, 4.69) is 18.1 Å². The Morgan fingerprint density at radius 1 is 0.925 bits per heavy atom. The van der Waals surface area contributed by atoms with E-state index < -0.39 is 65.9 Å². The highest BCUT2D eigenvalue weighted by Gasteiger charge is 2.47. The van der Waals surface area contributed by atoms with Crippen molar-refractivity contribution >= 4 is 46.0 Å². The number of hydrogen-bond donors (Lipinski definition) is 7. The maximum Gasteiger partial charge on any atom is 0.490 e. The molecule has 40 heavy (non-hydrogen) atoms. The number of aliphatic hydroxyl groups is 2. The first kappa shape index (κ1) is 31.0. The van der Waals surface area contributed by atoms with E-state index in [1.807, 2.05) is 36.4 Å². The zero-order chi connectivity index (χ0) is 29.5. The molecule has 17 nitrogen and oxygen atoms in total. The van der Waals surface area contributed by atoms with Crippen LogP contribution in [0.3, 0.4) is 0 Å². The number of phosphoric acid groups is 3. The van der Waals surface area contributed by atoms with Crippen LogP contribution in [0.5, 0.6) is 0 Å². The smallest absolute Gasteiger partial charge is 0.387 e. The van der Waals surface area contributed by atoms with Gasteiger partial charge >= 0.3 is 29.2 Å². The van der Waals surface area contributed by atoms with Gasteiger partial charge < -0.3 is 34.5 Å². The summed E-state index contributed by atoms with van der Waals surface area (Å²) in [4.78, 5) is 63.7. The van der Waals surface area contributed by atoms with Crippen LogP contribution in [0.2, 0.25) is 0 Å². The van der Waals surface area contributed by atoms with Crippen molar-refractivity contribution in [3.63, 3.8) is 0 Å². The number of rotatable bonds is 10. The minimum Gasteiger partial charge on any atom is -0.387 e. The fraction of sp³-hybridized carbons (Fsp3) is 0.263. The monoisotopic (exact) mass is 642 g/mol. The van der Waals surface area contributed by atoms with Crippen LogP contribution in [0.15, 0.2) is 68.0 Å². The molecule has 3 aromatic rings. The number of hydrogen-bond acceptors (Lipinski definition) is 12. The molecule has 1 saturated heterocycles. The van der Waals surface area contributed by atoms with E-state index in [1.54, 1.807) is 6.07 Å². The summed E-state index contributed by atoms with van der Waals surface area (Å²) < 4.78 is 51.9. The van der Waals surface area contributed by atoms with E-state index >= 15 is 0 Å². The largest absolute Gasteiger partial charge is 0.490 e. The first-order valence-electron chi connectivity index (χ1n) is 10.9. The maximum absolute atomic E-state index is 12.5. The van der Waals surface area contributed by atoms with Gasteiger partial charge in [-0.25, -0.2) is 18.5 Å². The third kappa shape index (κ3) is 7.64. The number of aromatic nitrogens is 2. The Hall–Kier alpha value is -1.98. The highest BCUT2D eigenvalue weighted by atomic mass is 32.2. The first-order valence-corrected chi connectivity index (χ1v) is 16.2. The van der Waals surface area contributed by atoms with Crippen molar-refractivity contribution in [1.29, 1.82) is 0 Å². The van der Waals surface area contributed by atoms with E-state index in [0.717, 1.165) is 33.3 Å². The molecule has 1 aliphatic rings. The van der Waals surface area contributed by atoms with E-state index in [4.69, 9.17) is 14.5 Å². The Morgan fingerprint density at radius 3 is 2.27 bits per heavy atom. The lowest BCUT2D eigenvalue weighted by Crippen LogP contribution is -2.38. The Kier molecular flexibility index (Phi) is 9.07. The molecule has 2 heterocycles. The molecule has 0 spiro atoms. The summed E-state index contributed by atoms with van der Waals surface area (Å²) in [5, 5.41) is 22.7. The molecule has 1 aliphatic heterocycles. The third-order valence-corrected chi connectivity index (χ3v) is 10.1. The number of phosphoric ester groups is 1.